The molecular formula is C21H29BrN2O4S. The summed E-state index contributed by atoms with van der Waals surface area (Å²) in [4.78, 5) is 28.2. The van der Waals surface area contributed by atoms with Crippen molar-refractivity contribution in [1.82, 2.24) is 4.98 Å². The van der Waals surface area contributed by atoms with Crippen molar-refractivity contribution in [3.8, 4) is 0 Å². The Morgan fingerprint density at radius 3 is 2.38 bits per heavy atom. The summed E-state index contributed by atoms with van der Waals surface area (Å²) in [5.74, 6) is -0.444. The summed E-state index contributed by atoms with van der Waals surface area (Å²) in [6, 6.07) is 1.96. The van der Waals surface area contributed by atoms with Crippen LogP contribution in [-0.2, 0) is 19.1 Å². The summed E-state index contributed by atoms with van der Waals surface area (Å²) >= 11 is 5.09. The zero-order valence-corrected chi connectivity index (χ0v) is 20.6. The number of nitrogens with zero attached hydrogens (tertiary/aromatic N) is 1. The third kappa shape index (κ3) is 6.23. The minimum absolute atomic E-state index is 0.107. The van der Waals surface area contributed by atoms with Crippen LogP contribution in [-0.4, -0.2) is 29.1 Å². The van der Waals surface area contributed by atoms with Crippen LogP contribution in [0.15, 0.2) is 10.5 Å². The third-order valence-electron chi connectivity index (χ3n) is 3.95. The van der Waals surface area contributed by atoms with E-state index in [2.05, 4.69) is 26.2 Å². The molecule has 0 radical (unpaired) electrons. The van der Waals surface area contributed by atoms with Crippen molar-refractivity contribution in [2.75, 3.05) is 11.9 Å². The van der Waals surface area contributed by atoms with Gasteiger partial charge in [0.05, 0.1) is 21.2 Å². The lowest BCUT2D eigenvalue weighted by molar-refractivity contribution is -0.162. The van der Waals surface area contributed by atoms with Crippen LogP contribution >= 0.6 is 27.3 Å². The smallest absolute Gasteiger partial charge is 0.311 e. The van der Waals surface area contributed by atoms with Crippen molar-refractivity contribution in [3.05, 3.63) is 21.7 Å². The molecule has 2 aromatic rings. The topological polar surface area (TPSA) is 77.5 Å². The van der Waals surface area contributed by atoms with Gasteiger partial charge in [-0.3, -0.25) is 9.59 Å². The summed E-state index contributed by atoms with van der Waals surface area (Å²) in [6.45, 7) is 14.9. The molecule has 160 valence electrons. The van der Waals surface area contributed by atoms with E-state index >= 15 is 0 Å². The van der Waals surface area contributed by atoms with Crippen LogP contribution in [0.5, 0.6) is 0 Å². The van der Waals surface area contributed by atoms with Crippen LogP contribution in [0, 0.1) is 12.3 Å². The second kappa shape index (κ2) is 8.70. The van der Waals surface area contributed by atoms with E-state index in [1.54, 1.807) is 0 Å². The van der Waals surface area contributed by atoms with E-state index in [0.29, 0.717) is 5.13 Å². The zero-order valence-electron chi connectivity index (χ0n) is 18.2. The molecule has 0 bridgehead atoms. The SMILES string of the molecule is CC(=O)Nc1nc2cc(C)c(C(COC(=O)C(C)(C)C)OC(C)(C)C)c(Br)c2s1. The Bertz CT molecular complexity index is 925. The number of carbonyl (C=O) groups excluding carboxylic acids is 2. The Morgan fingerprint density at radius 1 is 1.24 bits per heavy atom. The van der Waals surface area contributed by atoms with E-state index in [0.717, 1.165) is 25.8 Å². The molecule has 1 N–H and O–H groups in total. The number of amides is 1. The maximum absolute atomic E-state index is 12.3. The fourth-order valence-electron chi connectivity index (χ4n) is 2.74. The number of benzene rings is 1. The monoisotopic (exact) mass is 484 g/mol. The van der Waals surface area contributed by atoms with Gasteiger partial charge in [0.1, 0.15) is 12.7 Å². The van der Waals surface area contributed by atoms with Gasteiger partial charge in [-0.15, -0.1) is 0 Å². The van der Waals surface area contributed by atoms with Crippen molar-refractivity contribution >= 4 is 54.5 Å². The van der Waals surface area contributed by atoms with Gasteiger partial charge in [0.25, 0.3) is 0 Å². The average molecular weight is 485 g/mol. The first-order valence-corrected chi connectivity index (χ1v) is 11.0. The van der Waals surface area contributed by atoms with Crippen molar-refractivity contribution in [3.63, 3.8) is 0 Å². The van der Waals surface area contributed by atoms with Crippen LogP contribution in [0.1, 0.15) is 65.7 Å². The van der Waals surface area contributed by atoms with E-state index in [9.17, 15) is 9.59 Å². The fourth-order valence-corrected chi connectivity index (χ4v) is 4.69. The molecule has 0 aliphatic heterocycles. The first kappa shape index (κ1) is 23.8. The Balaban J connectivity index is 2.47. The number of halogens is 1. The summed E-state index contributed by atoms with van der Waals surface area (Å²) in [7, 11) is 0. The van der Waals surface area contributed by atoms with Gasteiger partial charge in [0.15, 0.2) is 5.13 Å². The molecule has 0 saturated carbocycles. The Kier molecular flexibility index (Phi) is 7.13. The molecular weight excluding hydrogens is 456 g/mol. The average Bonchev–Trinajstić information content (AvgIpc) is 2.91. The fraction of sp³-hybridized carbons (Fsp3) is 0.571. The lowest BCUT2D eigenvalue weighted by Crippen LogP contribution is -2.29. The van der Waals surface area contributed by atoms with Gasteiger partial charge in [0, 0.05) is 17.0 Å². The molecule has 0 aliphatic rings. The van der Waals surface area contributed by atoms with Gasteiger partial charge in [-0.1, -0.05) is 11.3 Å². The van der Waals surface area contributed by atoms with Gasteiger partial charge in [-0.2, -0.15) is 0 Å². The van der Waals surface area contributed by atoms with E-state index in [1.165, 1.54) is 18.3 Å². The van der Waals surface area contributed by atoms with Crippen LogP contribution in [0.3, 0.4) is 0 Å². The molecule has 0 aliphatic carbocycles. The number of esters is 1. The van der Waals surface area contributed by atoms with Gasteiger partial charge < -0.3 is 14.8 Å². The standard InChI is InChI=1S/C21H29BrN2O4S/c1-11-9-13-17(29-19(24-13)23-12(2)25)16(22)15(11)14(28-21(6,7)8)10-27-18(26)20(3,4)5/h9,14H,10H2,1-8H3,(H,23,24,25). The second-order valence-electron chi connectivity index (χ2n) is 9.04. The van der Waals surface area contributed by atoms with Crippen molar-refractivity contribution < 1.29 is 19.1 Å². The summed E-state index contributed by atoms with van der Waals surface area (Å²) in [5, 5.41) is 3.27. The summed E-state index contributed by atoms with van der Waals surface area (Å²) in [6.07, 6.45) is -0.452. The molecule has 1 aromatic heterocycles. The maximum atomic E-state index is 12.3. The van der Waals surface area contributed by atoms with E-state index < -0.39 is 17.1 Å². The van der Waals surface area contributed by atoms with Crippen LogP contribution in [0.25, 0.3) is 10.2 Å². The predicted octanol–water partition coefficient (Wildman–Crippen LogP) is 5.77. The van der Waals surface area contributed by atoms with Gasteiger partial charge >= 0.3 is 5.97 Å². The highest BCUT2D eigenvalue weighted by Crippen LogP contribution is 2.41. The van der Waals surface area contributed by atoms with E-state index in [-0.39, 0.29) is 18.5 Å². The lowest BCUT2D eigenvalue weighted by atomic mass is 9.97. The highest BCUT2D eigenvalue weighted by atomic mass is 79.9. The molecule has 1 atom stereocenters. The largest absolute Gasteiger partial charge is 0.462 e. The highest BCUT2D eigenvalue weighted by molar-refractivity contribution is 9.10. The highest BCUT2D eigenvalue weighted by Gasteiger charge is 2.30. The van der Waals surface area contributed by atoms with Gasteiger partial charge in [-0.05, 0) is 76.0 Å². The first-order chi connectivity index (χ1) is 13.2. The van der Waals surface area contributed by atoms with Crippen molar-refractivity contribution in [2.24, 2.45) is 5.41 Å². The van der Waals surface area contributed by atoms with Crippen LogP contribution in [0.2, 0.25) is 0 Å². The quantitative estimate of drug-likeness (QED) is 0.544. The Hall–Kier alpha value is -1.51. The number of rotatable bonds is 5. The van der Waals surface area contributed by atoms with Gasteiger partial charge in [-0.25, -0.2) is 4.98 Å². The number of aromatic nitrogens is 1. The number of nitrogens with one attached hydrogen (secondary N) is 1. The zero-order chi connectivity index (χ0) is 22.1. The molecule has 1 unspecified atom stereocenters. The molecule has 2 rings (SSSR count). The normalized spacial score (nSPS) is 13.4. The number of aryl methyl sites for hydroxylation is 1. The molecule has 1 amide bonds. The van der Waals surface area contributed by atoms with E-state index in [1.807, 2.05) is 54.5 Å². The Labute approximate surface area is 184 Å². The second-order valence-corrected chi connectivity index (χ2v) is 10.8. The summed E-state index contributed by atoms with van der Waals surface area (Å²) in [5.41, 5.74) is 1.63. The number of ether oxygens (including phenoxy) is 2. The van der Waals surface area contributed by atoms with Crippen molar-refractivity contribution in [1.29, 1.82) is 0 Å². The number of hydrogen-bond acceptors (Lipinski definition) is 6. The molecule has 1 aromatic carbocycles. The maximum Gasteiger partial charge on any atom is 0.311 e. The molecule has 0 saturated heterocycles. The van der Waals surface area contributed by atoms with Gasteiger partial charge in [0.2, 0.25) is 5.91 Å². The van der Waals surface area contributed by atoms with Crippen LogP contribution in [0.4, 0.5) is 5.13 Å². The number of carbonyl (C=O) groups is 2. The molecule has 29 heavy (non-hydrogen) atoms. The molecule has 0 fully saturated rings. The minimum atomic E-state index is -0.590. The minimum Gasteiger partial charge on any atom is -0.462 e. The van der Waals surface area contributed by atoms with Crippen LogP contribution < -0.4 is 5.32 Å². The third-order valence-corrected chi connectivity index (χ3v) is 6.04. The number of fused-ring (bicyclic) bond motifs is 1. The molecule has 0 spiro atoms. The summed E-state index contributed by atoms with van der Waals surface area (Å²) < 4.78 is 13.6. The molecule has 8 heteroatoms. The number of hydrogen-bond donors (Lipinski definition) is 1. The number of thiazole rings is 1. The first-order valence-electron chi connectivity index (χ1n) is 9.41. The van der Waals surface area contributed by atoms with Crippen molar-refractivity contribution in [2.45, 2.75) is 67.1 Å². The molecule has 1 heterocycles. The predicted molar refractivity (Wildman–Crippen MR) is 120 cm³/mol. The molecule has 6 nitrogen and oxygen atoms in total. The number of anilines is 1. The lowest BCUT2D eigenvalue weighted by Gasteiger charge is -2.30. The Morgan fingerprint density at radius 2 is 1.86 bits per heavy atom. The van der Waals surface area contributed by atoms with E-state index in [4.69, 9.17) is 9.47 Å².